The third-order valence-corrected chi connectivity index (χ3v) is 5.48. The van der Waals surface area contributed by atoms with Gasteiger partial charge in [-0.05, 0) is 48.7 Å². The van der Waals surface area contributed by atoms with Crippen LogP contribution in [0.15, 0.2) is 36.4 Å². The van der Waals surface area contributed by atoms with Gasteiger partial charge in [0, 0.05) is 24.3 Å². The topological polar surface area (TPSA) is 57.2 Å². The van der Waals surface area contributed by atoms with Crippen molar-refractivity contribution in [3.8, 4) is 23.0 Å². The second kappa shape index (κ2) is 8.25. The Morgan fingerprint density at radius 1 is 1.21 bits per heavy atom. The highest BCUT2D eigenvalue weighted by Gasteiger charge is 2.31. The molecule has 7 heteroatoms. The van der Waals surface area contributed by atoms with Gasteiger partial charge in [0.25, 0.3) is 0 Å². The fourth-order valence-electron chi connectivity index (χ4n) is 3.79. The summed E-state index contributed by atoms with van der Waals surface area (Å²) in [5, 5.41) is 0.467. The highest BCUT2D eigenvalue weighted by atomic mass is 35.5. The summed E-state index contributed by atoms with van der Waals surface area (Å²) in [6, 6.07) is 9.24. The quantitative estimate of drug-likeness (QED) is 0.675. The number of benzene rings is 2. The summed E-state index contributed by atoms with van der Waals surface area (Å²) in [6.45, 7) is 0.852. The molecule has 0 bridgehead atoms. The van der Waals surface area contributed by atoms with Gasteiger partial charge >= 0.3 is 0 Å². The number of nitrogens with zero attached hydrogens (tertiary/aromatic N) is 1. The van der Waals surface area contributed by atoms with E-state index in [1.165, 1.54) is 0 Å². The molecule has 0 aliphatic carbocycles. The summed E-state index contributed by atoms with van der Waals surface area (Å²) >= 11 is 6.22. The maximum absolute atomic E-state index is 12.9. The lowest BCUT2D eigenvalue weighted by molar-refractivity contribution is -0.126. The van der Waals surface area contributed by atoms with Gasteiger partial charge in [0.15, 0.2) is 11.5 Å². The fourth-order valence-corrected chi connectivity index (χ4v) is 4.07. The number of fused-ring (bicyclic) bond motifs is 1. The van der Waals surface area contributed by atoms with Gasteiger partial charge in [-0.2, -0.15) is 0 Å². The third kappa shape index (κ3) is 3.85. The number of amides is 1. The Hall–Kier alpha value is -2.86. The predicted octanol–water partition coefficient (Wildman–Crippen LogP) is 4.46. The summed E-state index contributed by atoms with van der Waals surface area (Å²) in [7, 11) is 3.25. The molecule has 2 aromatic carbocycles. The monoisotopic (exact) mass is 415 g/mol. The number of carbonyl (C=O) groups excluding carboxylic acids is 1. The van der Waals surface area contributed by atoms with Crippen LogP contribution in [0.5, 0.6) is 23.0 Å². The van der Waals surface area contributed by atoms with E-state index in [4.69, 9.17) is 30.5 Å². The molecular formula is C22H22ClNO5. The number of hydrogen-bond acceptors (Lipinski definition) is 5. The van der Waals surface area contributed by atoms with E-state index in [0.29, 0.717) is 23.1 Å². The number of halogens is 1. The molecule has 1 unspecified atom stereocenters. The van der Waals surface area contributed by atoms with E-state index in [9.17, 15) is 4.79 Å². The summed E-state index contributed by atoms with van der Waals surface area (Å²) < 4.78 is 21.5. The van der Waals surface area contributed by atoms with Crippen LogP contribution in [0.1, 0.15) is 30.0 Å². The van der Waals surface area contributed by atoms with Crippen molar-refractivity contribution in [3.63, 3.8) is 0 Å². The molecule has 1 saturated heterocycles. The van der Waals surface area contributed by atoms with Crippen molar-refractivity contribution in [3.05, 3.63) is 52.6 Å². The van der Waals surface area contributed by atoms with Crippen LogP contribution < -0.4 is 18.9 Å². The standard InChI is InChI=1S/C22H22ClNO5/c1-26-15-6-7-16(19(12-15)27-2)18-4-3-9-24(18)21(25)8-5-14-10-17(23)22-20(11-14)28-13-29-22/h5-8,10-12,18H,3-4,9,13H2,1-2H3. The normalized spacial score (nSPS) is 17.8. The summed E-state index contributed by atoms with van der Waals surface area (Å²) in [5.74, 6) is 2.52. The number of carbonyl (C=O) groups is 1. The molecule has 29 heavy (non-hydrogen) atoms. The minimum Gasteiger partial charge on any atom is -0.497 e. The maximum Gasteiger partial charge on any atom is 0.247 e. The smallest absolute Gasteiger partial charge is 0.247 e. The van der Waals surface area contributed by atoms with Crippen LogP contribution in [0.4, 0.5) is 0 Å². The van der Waals surface area contributed by atoms with Gasteiger partial charge in [-0.15, -0.1) is 0 Å². The number of ether oxygens (including phenoxy) is 4. The Balaban J connectivity index is 1.54. The molecule has 0 radical (unpaired) electrons. The molecule has 4 rings (SSSR count). The van der Waals surface area contributed by atoms with E-state index < -0.39 is 0 Å². The van der Waals surface area contributed by atoms with Crippen molar-refractivity contribution in [2.45, 2.75) is 18.9 Å². The largest absolute Gasteiger partial charge is 0.497 e. The first-order valence-electron chi connectivity index (χ1n) is 9.40. The summed E-state index contributed by atoms with van der Waals surface area (Å²) in [6.07, 6.45) is 5.15. The lowest BCUT2D eigenvalue weighted by Gasteiger charge is -2.25. The SMILES string of the molecule is COc1ccc(C2CCCN2C(=O)C=Cc2cc(Cl)c3c(c2)OCO3)c(OC)c1. The number of rotatable bonds is 5. The highest BCUT2D eigenvalue weighted by Crippen LogP contribution is 2.41. The second-order valence-corrected chi connectivity index (χ2v) is 7.27. The molecular weight excluding hydrogens is 394 g/mol. The maximum atomic E-state index is 12.9. The lowest BCUT2D eigenvalue weighted by atomic mass is 10.0. The van der Waals surface area contributed by atoms with Crippen molar-refractivity contribution in [2.75, 3.05) is 27.6 Å². The lowest BCUT2D eigenvalue weighted by Crippen LogP contribution is -2.29. The molecule has 6 nitrogen and oxygen atoms in total. The van der Waals surface area contributed by atoms with Crippen LogP contribution in [0.2, 0.25) is 5.02 Å². The van der Waals surface area contributed by atoms with Gasteiger partial charge in [0.2, 0.25) is 12.7 Å². The molecule has 0 aromatic heterocycles. The molecule has 152 valence electrons. The predicted molar refractivity (Wildman–Crippen MR) is 110 cm³/mol. The summed E-state index contributed by atoms with van der Waals surface area (Å²) in [4.78, 5) is 14.8. The molecule has 1 fully saturated rings. The van der Waals surface area contributed by atoms with Gasteiger partial charge < -0.3 is 23.8 Å². The van der Waals surface area contributed by atoms with Crippen LogP contribution in [0.25, 0.3) is 6.08 Å². The van der Waals surface area contributed by atoms with Gasteiger partial charge in [-0.3, -0.25) is 4.79 Å². The van der Waals surface area contributed by atoms with E-state index in [-0.39, 0.29) is 18.7 Å². The van der Waals surface area contributed by atoms with Crippen LogP contribution in [-0.4, -0.2) is 38.4 Å². The van der Waals surface area contributed by atoms with E-state index in [2.05, 4.69) is 0 Å². The Morgan fingerprint density at radius 2 is 2.07 bits per heavy atom. The molecule has 1 amide bonds. The zero-order chi connectivity index (χ0) is 20.4. The average Bonchev–Trinajstić information content (AvgIpc) is 3.41. The zero-order valence-corrected chi connectivity index (χ0v) is 17.1. The van der Waals surface area contributed by atoms with Crippen molar-refractivity contribution in [1.29, 1.82) is 0 Å². The minimum atomic E-state index is -0.0563. The van der Waals surface area contributed by atoms with Gasteiger partial charge in [-0.1, -0.05) is 11.6 Å². The Kier molecular flexibility index (Phi) is 5.53. The van der Waals surface area contributed by atoms with Crippen molar-refractivity contribution >= 4 is 23.6 Å². The average molecular weight is 416 g/mol. The van der Waals surface area contributed by atoms with E-state index >= 15 is 0 Å². The first-order chi connectivity index (χ1) is 14.1. The Labute approximate surface area is 174 Å². The summed E-state index contributed by atoms with van der Waals surface area (Å²) in [5.41, 5.74) is 1.77. The molecule has 2 aliphatic heterocycles. The van der Waals surface area contributed by atoms with Gasteiger partial charge in [0.05, 0.1) is 25.3 Å². The number of hydrogen-bond donors (Lipinski definition) is 0. The number of likely N-dealkylation sites (tertiary alicyclic amines) is 1. The first kappa shape index (κ1) is 19.5. The molecule has 0 spiro atoms. The third-order valence-electron chi connectivity index (χ3n) is 5.20. The van der Waals surface area contributed by atoms with Crippen LogP contribution in [0.3, 0.4) is 0 Å². The van der Waals surface area contributed by atoms with Crippen molar-refractivity contribution in [1.82, 2.24) is 4.90 Å². The molecule has 0 N–H and O–H groups in total. The fraction of sp³-hybridized carbons (Fsp3) is 0.318. The van der Waals surface area contributed by atoms with Crippen LogP contribution >= 0.6 is 11.6 Å². The zero-order valence-electron chi connectivity index (χ0n) is 16.3. The van der Waals surface area contributed by atoms with Crippen molar-refractivity contribution < 1.29 is 23.7 Å². The van der Waals surface area contributed by atoms with Gasteiger partial charge in [0.1, 0.15) is 11.5 Å². The van der Waals surface area contributed by atoms with E-state index in [1.807, 2.05) is 29.2 Å². The second-order valence-electron chi connectivity index (χ2n) is 6.87. The van der Waals surface area contributed by atoms with Gasteiger partial charge in [-0.25, -0.2) is 0 Å². The Bertz CT molecular complexity index is 958. The van der Waals surface area contributed by atoms with Crippen LogP contribution in [-0.2, 0) is 4.79 Å². The number of methoxy groups -OCH3 is 2. The van der Waals surface area contributed by atoms with E-state index in [0.717, 1.165) is 35.5 Å². The molecule has 2 aliphatic rings. The van der Waals surface area contributed by atoms with E-state index in [1.54, 1.807) is 32.4 Å². The van der Waals surface area contributed by atoms with Crippen LogP contribution in [0, 0.1) is 0 Å². The molecule has 0 saturated carbocycles. The van der Waals surface area contributed by atoms with Crippen molar-refractivity contribution in [2.24, 2.45) is 0 Å². The molecule has 2 aromatic rings. The molecule has 1 atom stereocenters. The minimum absolute atomic E-state index is 0.0339. The Morgan fingerprint density at radius 3 is 2.86 bits per heavy atom. The first-order valence-corrected chi connectivity index (χ1v) is 9.78. The molecule has 2 heterocycles. The highest BCUT2D eigenvalue weighted by molar-refractivity contribution is 6.32.